The molecule has 0 saturated carbocycles. The lowest BCUT2D eigenvalue weighted by atomic mass is 10.1. The van der Waals surface area contributed by atoms with Crippen molar-refractivity contribution in [2.75, 3.05) is 12.0 Å². The molecule has 2 rings (SSSR count). The van der Waals surface area contributed by atoms with Gasteiger partial charge < -0.3 is 4.98 Å². The zero-order valence-corrected chi connectivity index (χ0v) is 14.3. The minimum Gasteiger partial charge on any atom is -0.300 e. The van der Waals surface area contributed by atoms with E-state index < -0.39 is 0 Å². The van der Waals surface area contributed by atoms with Crippen LogP contribution in [0.2, 0.25) is 0 Å². The molecule has 1 aromatic carbocycles. The predicted molar refractivity (Wildman–Crippen MR) is 92.4 cm³/mol. The van der Waals surface area contributed by atoms with Crippen molar-refractivity contribution in [1.82, 2.24) is 9.97 Å². The van der Waals surface area contributed by atoms with Gasteiger partial charge in [0, 0.05) is 16.2 Å². The lowest BCUT2D eigenvalue weighted by molar-refractivity contribution is 0.750. The molecule has 0 amide bonds. The Morgan fingerprint density at radius 3 is 2.73 bits per heavy atom. The Labute approximate surface area is 138 Å². The number of benzene rings is 1. The quantitative estimate of drug-likeness (QED) is 0.667. The average molecular weight is 331 g/mol. The Kier molecular flexibility index (Phi) is 5.69. The number of nitriles is 1. The molecule has 6 heteroatoms. The van der Waals surface area contributed by atoms with Gasteiger partial charge in [-0.2, -0.15) is 5.26 Å². The van der Waals surface area contributed by atoms with Crippen molar-refractivity contribution in [3.63, 3.8) is 0 Å². The molecular formula is C16H17N3OS2. The maximum absolute atomic E-state index is 12.1. The lowest BCUT2D eigenvalue weighted by Gasteiger charge is -2.11. The lowest BCUT2D eigenvalue weighted by Crippen LogP contribution is -2.14. The highest BCUT2D eigenvalue weighted by molar-refractivity contribution is 7.99. The summed E-state index contributed by atoms with van der Waals surface area (Å²) in [7, 11) is 0. The van der Waals surface area contributed by atoms with E-state index in [-0.39, 0.29) is 11.1 Å². The topological polar surface area (TPSA) is 69.5 Å². The summed E-state index contributed by atoms with van der Waals surface area (Å²) in [6.45, 7) is 4.32. The second-order valence-electron chi connectivity index (χ2n) is 5.11. The van der Waals surface area contributed by atoms with Crippen molar-refractivity contribution in [3.8, 4) is 17.3 Å². The fourth-order valence-corrected chi connectivity index (χ4v) is 3.28. The molecule has 1 heterocycles. The predicted octanol–water partition coefficient (Wildman–Crippen LogP) is 3.78. The molecule has 4 nitrogen and oxygen atoms in total. The molecule has 0 aliphatic heterocycles. The van der Waals surface area contributed by atoms with Gasteiger partial charge in [-0.15, -0.1) is 11.8 Å². The Balaban J connectivity index is 2.59. The van der Waals surface area contributed by atoms with Gasteiger partial charge in [-0.3, -0.25) is 4.79 Å². The van der Waals surface area contributed by atoms with E-state index in [1.807, 2.05) is 36.6 Å². The van der Waals surface area contributed by atoms with Gasteiger partial charge in [-0.25, -0.2) is 4.98 Å². The van der Waals surface area contributed by atoms with Crippen molar-refractivity contribution in [1.29, 1.82) is 5.26 Å². The van der Waals surface area contributed by atoms with E-state index in [0.29, 0.717) is 16.8 Å². The number of nitrogens with one attached hydrogen (secondary N) is 1. The summed E-state index contributed by atoms with van der Waals surface area (Å²) in [6, 6.07) is 9.76. The highest BCUT2D eigenvalue weighted by Crippen LogP contribution is 2.32. The molecule has 0 aliphatic carbocycles. The van der Waals surface area contributed by atoms with Crippen LogP contribution in [0.25, 0.3) is 11.3 Å². The summed E-state index contributed by atoms with van der Waals surface area (Å²) >= 11 is 3.07. The van der Waals surface area contributed by atoms with Crippen LogP contribution in [-0.2, 0) is 0 Å². The maximum Gasteiger partial charge on any atom is 0.270 e. The van der Waals surface area contributed by atoms with E-state index in [2.05, 4.69) is 23.8 Å². The molecule has 2 aromatic rings. The van der Waals surface area contributed by atoms with Crippen molar-refractivity contribution >= 4 is 23.5 Å². The number of hydrogen-bond donors (Lipinski definition) is 1. The van der Waals surface area contributed by atoms with Gasteiger partial charge in [-0.1, -0.05) is 43.8 Å². The monoisotopic (exact) mass is 331 g/mol. The summed E-state index contributed by atoms with van der Waals surface area (Å²) < 4.78 is 0. The smallest absolute Gasteiger partial charge is 0.270 e. The first-order valence-corrected chi connectivity index (χ1v) is 9.08. The first kappa shape index (κ1) is 16.7. The van der Waals surface area contributed by atoms with E-state index in [1.54, 1.807) is 11.8 Å². The van der Waals surface area contributed by atoms with E-state index in [0.717, 1.165) is 16.2 Å². The fraction of sp³-hybridized carbons (Fsp3) is 0.312. The number of aromatic amines is 1. The van der Waals surface area contributed by atoms with Crippen LogP contribution < -0.4 is 5.56 Å². The second-order valence-corrected chi connectivity index (χ2v) is 6.97. The van der Waals surface area contributed by atoms with E-state index in [9.17, 15) is 10.1 Å². The zero-order chi connectivity index (χ0) is 16.1. The Hall–Kier alpha value is -1.71. The van der Waals surface area contributed by atoms with Crippen LogP contribution in [0.1, 0.15) is 19.4 Å². The Morgan fingerprint density at radius 1 is 1.36 bits per heavy atom. The SMILES string of the molecule is CSc1nc(-c2ccccc2SCC(C)C)c(C#N)c(=O)[nH]1. The Morgan fingerprint density at radius 2 is 2.09 bits per heavy atom. The highest BCUT2D eigenvalue weighted by atomic mass is 32.2. The van der Waals surface area contributed by atoms with Crippen LogP contribution in [0, 0.1) is 17.2 Å². The van der Waals surface area contributed by atoms with Gasteiger partial charge in [0.15, 0.2) is 5.16 Å². The van der Waals surface area contributed by atoms with Crippen LogP contribution in [0.4, 0.5) is 0 Å². The van der Waals surface area contributed by atoms with Gasteiger partial charge in [0.1, 0.15) is 11.6 Å². The molecular weight excluding hydrogens is 314 g/mol. The maximum atomic E-state index is 12.1. The van der Waals surface area contributed by atoms with Crippen molar-refractivity contribution in [2.45, 2.75) is 23.9 Å². The highest BCUT2D eigenvalue weighted by Gasteiger charge is 2.16. The zero-order valence-electron chi connectivity index (χ0n) is 12.7. The number of aromatic nitrogens is 2. The number of thioether (sulfide) groups is 2. The van der Waals surface area contributed by atoms with Crippen molar-refractivity contribution in [2.24, 2.45) is 5.92 Å². The molecule has 0 unspecified atom stereocenters. The van der Waals surface area contributed by atoms with Crippen LogP contribution in [0.5, 0.6) is 0 Å². The van der Waals surface area contributed by atoms with Gasteiger partial charge in [0.2, 0.25) is 0 Å². The average Bonchev–Trinajstić information content (AvgIpc) is 2.52. The summed E-state index contributed by atoms with van der Waals surface area (Å²) in [5, 5.41) is 9.83. The molecule has 0 atom stereocenters. The third-order valence-electron chi connectivity index (χ3n) is 2.92. The molecule has 0 fully saturated rings. The summed E-state index contributed by atoms with van der Waals surface area (Å²) in [5.74, 6) is 1.53. The van der Waals surface area contributed by atoms with Gasteiger partial charge in [-0.05, 0) is 18.2 Å². The number of rotatable bonds is 5. The van der Waals surface area contributed by atoms with Crippen LogP contribution >= 0.6 is 23.5 Å². The van der Waals surface area contributed by atoms with E-state index in [1.165, 1.54) is 11.8 Å². The third-order valence-corrected chi connectivity index (χ3v) is 5.00. The van der Waals surface area contributed by atoms with E-state index in [4.69, 9.17) is 0 Å². The summed E-state index contributed by atoms with van der Waals surface area (Å²) in [4.78, 5) is 20.2. The molecule has 1 aromatic heterocycles. The van der Waals surface area contributed by atoms with E-state index >= 15 is 0 Å². The summed E-state index contributed by atoms with van der Waals surface area (Å²) in [5.41, 5.74) is 0.976. The minimum absolute atomic E-state index is 0.0652. The van der Waals surface area contributed by atoms with Gasteiger partial charge >= 0.3 is 0 Å². The summed E-state index contributed by atoms with van der Waals surface area (Å²) in [6.07, 6.45) is 1.84. The van der Waals surface area contributed by atoms with Crippen LogP contribution in [-0.4, -0.2) is 22.0 Å². The molecule has 1 N–H and O–H groups in total. The molecule has 0 spiro atoms. The number of H-pyrrole nitrogens is 1. The molecule has 0 aliphatic rings. The molecule has 114 valence electrons. The first-order chi connectivity index (χ1) is 10.6. The fourth-order valence-electron chi connectivity index (χ4n) is 1.89. The van der Waals surface area contributed by atoms with Crippen molar-refractivity contribution < 1.29 is 0 Å². The number of nitrogens with zero attached hydrogens (tertiary/aromatic N) is 2. The molecule has 0 bridgehead atoms. The largest absolute Gasteiger partial charge is 0.300 e. The molecule has 22 heavy (non-hydrogen) atoms. The third kappa shape index (κ3) is 3.73. The van der Waals surface area contributed by atoms with Crippen molar-refractivity contribution in [3.05, 3.63) is 40.2 Å². The van der Waals surface area contributed by atoms with Crippen LogP contribution in [0.15, 0.2) is 39.1 Å². The molecule has 0 radical (unpaired) electrons. The van der Waals surface area contributed by atoms with Crippen LogP contribution in [0.3, 0.4) is 0 Å². The second kappa shape index (κ2) is 7.52. The first-order valence-electron chi connectivity index (χ1n) is 6.87. The van der Waals surface area contributed by atoms with Gasteiger partial charge in [0.05, 0.1) is 5.69 Å². The molecule has 0 saturated heterocycles. The normalized spacial score (nSPS) is 10.7. The minimum atomic E-state index is -0.388. The standard InChI is InChI=1S/C16H17N3OS2/c1-10(2)9-22-13-7-5-4-6-11(13)14-12(8-17)15(20)19-16(18-14)21-3/h4-7,10H,9H2,1-3H3,(H,18,19,20). The Bertz CT molecular complexity index is 763. The van der Waals surface area contributed by atoms with Gasteiger partial charge in [0.25, 0.3) is 5.56 Å². The number of hydrogen-bond acceptors (Lipinski definition) is 5.